The van der Waals surface area contributed by atoms with Gasteiger partial charge in [-0.25, -0.2) is 0 Å². The van der Waals surface area contributed by atoms with Crippen LogP contribution < -0.4 is 4.90 Å². The van der Waals surface area contributed by atoms with Crippen LogP contribution in [0.25, 0.3) is 0 Å². The third-order valence-corrected chi connectivity index (χ3v) is 7.68. The largest absolute Gasteiger partial charge is 0.339 e. The van der Waals surface area contributed by atoms with Crippen LogP contribution in [-0.4, -0.2) is 35.7 Å². The number of hydrogen-bond acceptors (Lipinski definition) is 3. The molecule has 6 atom stereocenters. The molecule has 5 heteroatoms. The summed E-state index contributed by atoms with van der Waals surface area (Å²) in [6.07, 6.45) is 8.85. The summed E-state index contributed by atoms with van der Waals surface area (Å²) in [7, 11) is 0. The van der Waals surface area contributed by atoms with E-state index in [1.165, 1.54) is 17.7 Å². The van der Waals surface area contributed by atoms with Crippen LogP contribution in [0.1, 0.15) is 36.0 Å². The zero-order valence-electron chi connectivity index (χ0n) is 15.8. The highest BCUT2D eigenvalue weighted by Gasteiger charge is 2.67. The molecule has 7 rings (SSSR count). The number of allylic oxidation sites excluding steroid dienone is 2. The Morgan fingerprint density at radius 1 is 0.821 bits per heavy atom. The molecule has 0 N–H and O–H groups in total. The first-order valence-electron chi connectivity index (χ1n) is 10.6. The maximum absolute atomic E-state index is 13.2. The van der Waals surface area contributed by atoms with Gasteiger partial charge >= 0.3 is 0 Å². The van der Waals surface area contributed by atoms with Crippen molar-refractivity contribution < 1.29 is 14.4 Å². The van der Waals surface area contributed by atoms with Gasteiger partial charge in [0, 0.05) is 18.7 Å². The zero-order chi connectivity index (χ0) is 19.0. The van der Waals surface area contributed by atoms with Gasteiger partial charge in [-0.3, -0.25) is 19.3 Å². The number of likely N-dealkylation sites (tertiary alicyclic amines) is 1. The van der Waals surface area contributed by atoms with Gasteiger partial charge in [0.1, 0.15) is 0 Å². The van der Waals surface area contributed by atoms with Crippen LogP contribution in [0.3, 0.4) is 0 Å². The standard InChI is InChI=1S/C23H24N2O3/c26-21(24-10-2-1-3-11-24)13-4-6-14(7-5-13)25-22(27)19-15-8-9-16(18-12-17(15)18)20(19)23(25)28/h4-9,15-20H,1-3,10-12H2/t15-,16-,17-,18-,19+,20+/m0/s1. The molecule has 0 unspecified atom stereocenters. The number of amides is 3. The molecule has 144 valence electrons. The highest BCUT2D eigenvalue weighted by atomic mass is 16.2. The van der Waals surface area contributed by atoms with E-state index in [9.17, 15) is 14.4 Å². The van der Waals surface area contributed by atoms with Crippen LogP contribution in [0.2, 0.25) is 0 Å². The van der Waals surface area contributed by atoms with Crippen molar-refractivity contribution >= 4 is 23.4 Å². The number of nitrogens with zero attached hydrogens (tertiary/aromatic N) is 2. The summed E-state index contributed by atoms with van der Waals surface area (Å²) in [5.41, 5.74) is 1.23. The molecule has 2 saturated carbocycles. The predicted molar refractivity (Wildman–Crippen MR) is 103 cm³/mol. The second kappa shape index (κ2) is 5.79. The molecule has 0 radical (unpaired) electrons. The van der Waals surface area contributed by atoms with Crippen molar-refractivity contribution in [3.05, 3.63) is 42.0 Å². The fourth-order valence-electron chi connectivity index (χ4n) is 6.24. The van der Waals surface area contributed by atoms with Gasteiger partial charge in [-0.1, -0.05) is 12.2 Å². The summed E-state index contributed by atoms with van der Waals surface area (Å²) in [4.78, 5) is 42.3. The third-order valence-electron chi connectivity index (χ3n) is 7.68. The first-order chi connectivity index (χ1) is 13.6. The van der Waals surface area contributed by atoms with Crippen molar-refractivity contribution in [2.45, 2.75) is 25.7 Å². The normalized spacial score (nSPS) is 37.9. The molecule has 1 aromatic carbocycles. The predicted octanol–water partition coefficient (Wildman–Crippen LogP) is 2.87. The molecule has 6 aliphatic rings. The average Bonchev–Trinajstić information content (AvgIpc) is 3.52. The molecule has 5 nitrogen and oxygen atoms in total. The third kappa shape index (κ3) is 2.16. The Labute approximate surface area is 164 Å². The van der Waals surface area contributed by atoms with Gasteiger partial charge in [-0.05, 0) is 73.6 Å². The Balaban J connectivity index is 1.26. The second-order valence-corrected chi connectivity index (χ2v) is 9.07. The molecule has 28 heavy (non-hydrogen) atoms. The van der Waals surface area contributed by atoms with Gasteiger partial charge in [0.2, 0.25) is 11.8 Å². The minimum Gasteiger partial charge on any atom is -0.339 e. The fraction of sp³-hybridized carbons (Fsp3) is 0.522. The lowest BCUT2D eigenvalue weighted by molar-refractivity contribution is -0.124. The molecule has 4 fully saturated rings. The minimum absolute atomic E-state index is 0.0429. The van der Waals surface area contributed by atoms with Crippen molar-refractivity contribution in [1.82, 2.24) is 4.90 Å². The number of carbonyl (C=O) groups excluding carboxylic acids is 3. The molecule has 2 aliphatic heterocycles. The highest BCUT2D eigenvalue weighted by Crippen LogP contribution is 2.65. The number of piperidine rings is 1. The summed E-state index contributed by atoms with van der Waals surface area (Å²) < 4.78 is 0. The van der Waals surface area contributed by atoms with Crippen LogP contribution in [0.4, 0.5) is 5.69 Å². The summed E-state index contributed by atoms with van der Waals surface area (Å²) in [5, 5.41) is 0. The number of anilines is 1. The Morgan fingerprint density at radius 2 is 1.39 bits per heavy atom. The number of imide groups is 1. The van der Waals surface area contributed by atoms with Crippen molar-refractivity contribution in [1.29, 1.82) is 0 Å². The van der Waals surface area contributed by atoms with Crippen LogP contribution in [-0.2, 0) is 9.59 Å². The van der Waals surface area contributed by atoms with Gasteiger partial charge in [0.05, 0.1) is 17.5 Å². The summed E-state index contributed by atoms with van der Waals surface area (Å²) in [6.45, 7) is 1.62. The van der Waals surface area contributed by atoms with E-state index in [0.717, 1.165) is 25.9 Å². The van der Waals surface area contributed by atoms with E-state index in [4.69, 9.17) is 0 Å². The van der Waals surface area contributed by atoms with E-state index in [1.54, 1.807) is 24.3 Å². The maximum atomic E-state index is 13.2. The maximum Gasteiger partial charge on any atom is 0.253 e. The van der Waals surface area contributed by atoms with Crippen LogP contribution in [0.5, 0.6) is 0 Å². The van der Waals surface area contributed by atoms with Crippen LogP contribution in [0, 0.1) is 35.5 Å². The molecule has 2 bridgehead atoms. The first-order valence-corrected chi connectivity index (χ1v) is 10.6. The quantitative estimate of drug-likeness (QED) is 0.589. The second-order valence-electron chi connectivity index (χ2n) is 9.07. The smallest absolute Gasteiger partial charge is 0.253 e. The van der Waals surface area contributed by atoms with E-state index < -0.39 is 0 Å². The number of hydrogen-bond donors (Lipinski definition) is 0. The molecule has 3 amide bonds. The van der Waals surface area contributed by atoms with Crippen LogP contribution in [0.15, 0.2) is 36.4 Å². The topological polar surface area (TPSA) is 57.7 Å². The Morgan fingerprint density at radius 3 is 1.96 bits per heavy atom. The van der Waals surface area contributed by atoms with E-state index in [2.05, 4.69) is 12.2 Å². The first kappa shape index (κ1) is 16.5. The van der Waals surface area contributed by atoms with Gasteiger partial charge in [0.25, 0.3) is 5.91 Å². The highest BCUT2D eigenvalue weighted by molar-refractivity contribution is 6.22. The molecule has 1 aromatic rings. The van der Waals surface area contributed by atoms with Gasteiger partial charge in [0.15, 0.2) is 0 Å². The summed E-state index contributed by atoms with van der Waals surface area (Å²) in [5.74, 6) is 1.28. The zero-order valence-corrected chi connectivity index (χ0v) is 15.8. The SMILES string of the molecule is O=C(c1ccc(N2C(=O)[C@@H]3[C@H]4C=C[C@@H]([C@@H]5C[C@@H]45)[C@H]3C2=O)cc1)N1CCCCC1. The van der Waals surface area contributed by atoms with E-state index in [0.29, 0.717) is 23.1 Å². The number of benzene rings is 1. The van der Waals surface area contributed by atoms with E-state index in [-0.39, 0.29) is 41.4 Å². The van der Waals surface area contributed by atoms with Crippen LogP contribution >= 0.6 is 0 Å². The molecular weight excluding hydrogens is 352 g/mol. The van der Waals surface area contributed by atoms with E-state index >= 15 is 0 Å². The molecule has 2 saturated heterocycles. The van der Waals surface area contributed by atoms with Gasteiger partial charge in [-0.15, -0.1) is 0 Å². The number of rotatable bonds is 2. The number of carbonyl (C=O) groups is 3. The van der Waals surface area contributed by atoms with Crippen molar-refractivity contribution in [2.24, 2.45) is 35.5 Å². The summed E-state index contributed by atoms with van der Waals surface area (Å²) >= 11 is 0. The Hall–Kier alpha value is -2.43. The lowest BCUT2D eigenvalue weighted by Crippen LogP contribution is -2.40. The van der Waals surface area contributed by atoms with E-state index in [1.807, 2.05) is 4.90 Å². The lowest BCUT2D eigenvalue weighted by Gasteiger charge is -2.37. The monoisotopic (exact) mass is 376 g/mol. The lowest BCUT2D eigenvalue weighted by atomic mass is 9.63. The van der Waals surface area contributed by atoms with Crippen molar-refractivity contribution in [3.8, 4) is 0 Å². The molecule has 0 aromatic heterocycles. The molecule has 2 heterocycles. The fourth-order valence-corrected chi connectivity index (χ4v) is 6.24. The summed E-state index contributed by atoms with van der Waals surface area (Å²) in [6, 6.07) is 7.05. The Bertz CT molecular complexity index is 863. The molecule has 4 aliphatic carbocycles. The van der Waals surface area contributed by atoms with Gasteiger partial charge < -0.3 is 4.90 Å². The minimum atomic E-state index is -0.180. The Kier molecular flexibility index (Phi) is 3.41. The molecular formula is C23H24N2O3. The molecule has 0 spiro atoms. The average molecular weight is 376 g/mol. The van der Waals surface area contributed by atoms with Crippen molar-refractivity contribution in [3.63, 3.8) is 0 Å². The van der Waals surface area contributed by atoms with Crippen molar-refractivity contribution in [2.75, 3.05) is 18.0 Å². The van der Waals surface area contributed by atoms with Gasteiger partial charge in [-0.2, -0.15) is 0 Å².